The van der Waals surface area contributed by atoms with E-state index in [2.05, 4.69) is 5.32 Å². The molecule has 1 aliphatic rings. The number of urea groups is 1. The first-order valence-corrected chi connectivity index (χ1v) is 6.91. The molecule has 0 aliphatic heterocycles. The summed E-state index contributed by atoms with van der Waals surface area (Å²) < 4.78 is 0. The number of benzene rings is 1. The number of nitrogens with one attached hydrogen (secondary N) is 1. The van der Waals surface area contributed by atoms with E-state index in [0.29, 0.717) is 12.5 Å². The average molecular weight is 262 g/mol. The van der Waals surface area contributed by atoms with E-state index < -0.39 is 0 Å². The molecule has 2 amide bonds. The van der Waals surface area contributed by atoms with Crippen molar-refractivity contribution < 1.29 is 9.90 Å². The molecular formula is C15H22N2O2. The standard InChI is InChI=1S/C15H22N2O2/c1-17(13-9-10-13)15(19)16-14(8-5-11-18)12-6-3-2-4-7-12/h2-4,6-7,13-14,18H,5,8-11H2,1H3,(H,16,19). The minimum atomic E-state index is -0.0259. The fourth-order valence-corrected chi connectivity index (χ4v) is 2.18. The Balaban J connectivity index is 1.98. The number of hydrogen-bond donors (Lipinski definition) is 2. The van der Waals surface area contributed by atoms with Crippen molar-refractivity contribution in [1.82, 2.24) is 10.2 Å². The summed E-state index contributed by atoms with van der Waals surface area (Å²) in [7, 11) is 1.85. The summed E-state index contributed by atoms with van der Waals surface area (Å²) in [6, 6.07) is 10.3. The van der Waals surface area contributed by atoms with Crippen LogP contribution in [0.25, 0.3) is 0 Å². The molecule has 1 unspecified atom stereocenters. The molecular weight excluding hydrogens is 240 g/mol. The Morgan fingerprint density at radius 1 is 1.42 bits per heavy atom. The van der Waals surface area contributed by atoms with Crippen molar-refractivity contribution in [2.24, 2.45) is 0 Å². The molecule has 0 spiro atoms. The summed E-state index contributed by atoms with van der Waals surface area (Å²) >= 11 is 0. The van der Waals surface area contributed by atoms with Gasteiger partial charge in [-0.25, -0.2) is 4.79 Å². The van der Waals surface area contributed by atoms with Crippen molar-refractivity contribution in [1.29, 1.82) is 0 Å². The van der Waals surface area contributed by atoms with Crippen molar-refractivity contribution in [2.75, 3.05) is 13.7 Å². The fourth-order valence-electron chi connectivity index (χ4n) is 2.18. The molecule has 1 atom stereocenters. The van der Waals surface area contributed by atoms with Crippen LogP contribution in [0.5, 0.6) is 0 Å². The third kappa shape index (κ3) is 3.96. The molecule has 0 aromatic heterocycles. The first-order chi connectivity index (χ1) is 9.22. The Hall–Kier alpha value is -1.55. The highest BCUT2D eigenvalue weighted by Crippen LogP contribution is 2.26. The van der Waals surface area contributed by atoms with Gasteiger partial charge in [-0.15, -0.1) is 0 Å². The van der Waals surface area contributed by atoms with Crippen LogP contribution in [-0.4, -0.2) is 35.7 Å². The minimum Gasteiger partial charge on any atom is -0.396 e. The zero-order valence-electron chi connectivity index (χ0n) is 11.4. The van der Waals surface area contributed by atoms with Gasteiger partial charge in [0.1, 0.15) is 0 Å². The highest BCUT2D eigenvalue weighted by molar-refractivity contribution is 5.75. The molecule has 0 bridgehead atoms. The molecule has 19 heavy (non-hydrogen) atoms. The molecule has 2 rings (SSSR count). The van der Waals surface area contributed by atoms with E-state index in [0.717, 1.165) is 24.8 Å². The van der Waals surface area contributed by atoms with E-state index >= 15 is 0 Å². The molecule has 1 aliphatic carbocycles. The number of nitrogens with zero attached hydrogens (tertiary/aromatic N) is 1. The zero-order valence-corrected chi connectivity index (χ0v) is 11.4. The summed E-state index contributed by atoms with van der Waals surface area (Å²) in [5.74, 6) is 0. The lowest BCUT2D eigenvalue weighted by molar-refractivity contribution is 0.200. The topological polar surface area (TPSA) is 52.6 Å². The number of amides is 2. The number of aliphatic hydroxyl groups excluding tert-OH is 1. The number of hydrogen-bond acceptors (Lipinski definition) is 2. The van der Waals surface area contributed by atoms with E-state index in [1.54, 1.807) is 4.90 Å². The Kier molecular flexibility index (Phi) is 4.80. The van der Waals surface area contributed by atoms with Gasteiger partial charge in [-0.2, -0.15) is 0 Å². The maximum absolute atomic E-state index is 12.1. The first kappa shape index (κ1) is 13.9. The van der Waals surface area contributed by atoms with E-state index in [1.165, 1.54) is 0 Å². The molecule has 0 heterocycles. The Morgan fingerprint density at radius 3 is 2.68 bits per heavy atom. The molecule has 0 saturated heterocycles. The number of rotatable bonds is 6. The van der Waals surface area contributed by atoms with Crippen LogP contribution in [-0.2, 0) is 0 Å². The van der Waals surface area contributed by atoms with Crippen LogP contribution in [0.4, 0.5) is 4.79 Å². The van der Waals surface area contributed by atoms with Crippen LogP contribution in [0, 0.1) is 0 Å². The lowest BCUT2D eigenvalue weighted by atomic mass is 10.0. The number of aliphatic hydroxyl groups is 1. The monoisotopic (exact) mass is 262 g/mol. The van der Waals surface area contributed by atoms with Crippen LogP contribution < -0.4 is 5.32 Å². The second-order valence-corrected chi connectivity index (χ2v) is 5.12. The van der Waals surface area contributed by atoms with Gasteiger partial charge in [0.05, 0.1) is 6.04 Å². The molecule has 1 aromatic rings. The lowest BCUT2D eigenvalue weighted by Crippen LogP contribution is -2.40. The van der Waals surface area contributed by atoms with Crippen molar-refractivity contribution in [2.45, 2.75) is 37.8 Å². The summed E-state index contributed by atoms with van der Waals surface area (Å²) in [4.78, 5) is 13.9. The molecule has 0 radical (unpaired) electrons. The van der Waals surface area contributed by atoms with Gasteiger partial charge in [0.25, 0.3) is 0 Å². The highest BCUT2D eigenvalue weighted by atomic mass is 16.3. The van der Waals surface area contributed by atoms with Gasteiger partial charge < -0.3 is 15.3 Å². The van der Waals surface area contributed by atoms with Gasteiger partial charge in [0.2, 0.25) is 0 Å². The zero-order chi connectivity index (χ0) is 13.7. The van der Waals surface area contributed by atoms with Gasteiger partial charge in [-0.3, -0.25) is 0 Å². The number of carbonyl (C=O) groups excluding carboxylic acids is 1. The molecule has 1 aromatic carbocycles. The van der Waals surface area contributed by atoms with Gasteiger partial charge in [0.15, 0.2) is 0 Å². The number of carbonyl (C=O) groups is 1. The molecule has 2 N–H and O–H groups in total. The maximum Gasteiger partial charge on any atom is 0.317 e. The van der Waals surface area contributed by atoms with Crippen molar-refractivity contribution in [3.8, 4) is 0 Å². The minimum absolute atomic E-state index is 0.0192. The molecule has 104 valence electrons. The summed E-state index contributed by atoms with van der Waals surface area (Å²) in [6.07, 6.45) is 3.66. The van der Waals surface area contributed by atoms with Gasteiger partial charge >= 0.3 is 6.03 Å². The Labute approximate surface area is 114 Å². The average Bonchev–Trinajstić information content (AvgIpc) is 3.28. The van der Waals surface area contributed by atoms with E-state index in [-0.39, 0.29) is 18.7 Å². The first-order valence-electron chi connectivity index (χ1n) is 6.91. The van der Waals surface area contributed by atoms with E-state index in [1.807, 2.05) is 37.4 Å². The van der Waals surface area contributed by atoms with Crippen LogP contribution >= 0.6 is 0 Å². The normalized spacial score (nSPS) is 15.9. The molecule has 4 nitrogen and oxygen atoms in total. The van der Waals surface area contributed by atoms with Crippen LogP contribution in [0.3, 0.4) is 0 Å². The third-order valence-electron chi connectivity index (χ3n) is 3.57. The summed E-state index contributed by atoms with van der Waals surface area (Å²) in [5.41, 5.74) is 1.09. The van der Waals surface area contributed by atoms with Crippen molar-refractivity contribution in [3.63, 3.8) is 0 Å². The second kappa shape index (κ2) is 6.57. The Bertz CT molecular complexity index is 404. The van der Waals surface area contributed by atoms with Crippen LogP contribution in [0.1, 0.15) is 37.3 Å². The van der Waals surface area contributed by atoms with Crippen LogP contribution in [0.15, 0.2) is 30.3 Å². The van der Waals surface area contributed by atoms with Gasteiger partial charge in [-0.1, -0.05) is 30.3 Å². The third-order valence-corrected chi connectivity index (χ3v) is 3.57. The predicted molar refractivity (Wildman–Crippen MR) is 74.8 cm³/mol. The molecule has 4 heteroatoms. The van der Waals surface area contributed by atoms with Crippen LogP contribution in [0.2, 0.25) is 0 Å². The predicted octanol–water partition coefficient (Wildman–Crippen LogP) is 2.30. The van der Waals surface area contributed by atoms with Crippen molar-refractivity contribution >= 4 is 6.03 Å². The molecule has 1 fully saturated rings. The highest BCUT2D eigenvalue weighted by Gasteiger charge is 2.30. The maximum atomic E-state index is 12.1. The van der Waals surface area contributed by atoms with Gasteiger partial charge in [0, 0.05) is 19.7 Å². The van der Waals surface area contributed by atoms with E-state index in [9.17, 15) is 4.79 Å². The summed E-state index contributed by atoms with van der Waals surface area (Å²) in [6.45, 7) is 0.150. The summed E-state index contributed by atoms with van der Waals surface area (Å²) in [5, 5.41) is 12.0. The van der Waals surface area contributed by atoms with Crippen molar-refractivity contribution in [3.05, 3.63) is 35.9 Å². The SMILES string of the molecule is CN(C(=O)NC(CCCO)c1ccccc1)C1CC1. The second-order valence-electron chi connectivity index (χ2n) is 5.12. The lowest BCUT2D eigenvalue weighted by Gasteiger charge is -2.23. The fraction of sp³-hybridized carbons (Fsp3) is 0.533. The quantitative estimate of drug-likeness (QED) is 0.826. The molecule has 1 saturated carbocycles. The largest absolute Gasteiger partial charge is 0.396 e. The van der Waals surface area contributed by atoms with E-state index in [4.69, 9.17) is 5.11 Å². The smallest absolute Gasteiger partial charge is 0.317 e. The van der Waals surface area contributed by atoms with Gasteiger partial charge in [-0.05, 0) is 31.2 Å². The Morgan fingerprint density at radius 2 is 2.11 bits per heavy atom.